The zero-order chi connectivity index (χ0) is 20.1. The van der Waals surface area contributed by atoms with Gasteiger partial charge >= 0.3 is 0 Å². The van der Waals surface area contributed by atoms with Crippen LogP contribution in [0.1, 0.15) is 28.4 Å². The van der Waals surface area contributed by atoms with Gasteiger partial charge in [-0.3, -0.25) is 9.52 Å². The zero-order valence-electron chi connectivity index (χ0n) is 15.7. The summed E-state index contributed by atoms with van der Waals surface area (Å²) < 4.78 is 27.9. The molecule has 0 atom stereocenters. The highest BCUT2D eigenvalue weighted by Crippen LogP contribution is 2.21. The molecule has 3 aromatic rings. The molecule has 7 nitrogen and oxygen atoms in total. The van der Waals surface area contributed by atoms with Crippen LogP contribution >= 0.6 is 0 Å². The van der Waals surface area contributed by atoms with Gasteiger partial charge < -0.3 is 9.88 Å². The number of sulfonamides is 1. The molecule has 0 fully saturated rings. The van der Waals surface area contributed by atoms with Gasteiger partial charge in [0.05, 0.1) is 17.8 Å². The molecule has 1 heterocycles. The minimum atomic E-state index is -3.34. The van der Waals surface area contributed by atoms with Crippen molar-refractivity contribution in [2.24, 2.45) is 0 Å². The van der Waals surface area contributed by atoms with Crippen LogP contribution in [0.25, 0.3) is 0 Å². The highest BCUT2D eigenvalue weighted by Gasteiger charge is 2.11. The first-order valence-electron chi connectivity index (χ1n) is 8.83. The van der Waals surface area contributed by atoms with E-state index < -0.39 is 10.0 Å². The van der Waals surface area contributed by atoms with Gasteiger partial charge in [-0.2, -0.15) is 0 Å². The average molecular weight is 398 g/mol. The lowest BCUT2D eigenvalue weighted by Gasteiger charge is -2.12. The number of carbonyl (C=O) groups is 1. The van der Waals surface area contributed by atoms with E-state index in [1.165, 1.54) is 0 Å². The molecule has 0 spiro atoms. The topological polar surface area (TPSA) is 93.1 Å². The van der Waals surface area contributed by atoms with Crippen molar-refractivity contribution in [3.63, 3.8) is 0 Å². The molecular formula is C20H22N4O3S. The van der Waals surface area contributed by atoms with Crippen molar-refractivity contribution in [3.05, 3.63) is 77.9 Å². The summed E-state index contributed by atoms with van der Waals surface area (Å²) in [7, 11) is -3.34. The molecule has 2 aromatic carbocycles. The van der Waals surface area contributed by atoms with Crippen molar-refractivity contribution in [1.82, 2.24) is 9.55 Å². The number of amides is 1. The third kappa shape index (κ3) is 4.98. The number of aryl methyl sites for hydroxylation is 1. The number of hydrogen-bond donors (Lipinski definition) is 2. The first kappa shape index (κ1) is 19.6. The minimum absolute atomic E-state index is 0.00176. The lowest BCUT2D eigenvalue weighted by molar-refractivity contribution is 0.102. The summed E-state index contributed by atoms with van der Waals surface area (Å²) in [6.45, 7) is 4.05. The Hall–Kier alpha value is -3.13. The number of nitrogens with one attached hydrogen (secondary N) is 2. The summed E-state index contributed by atoms with van der Waals surface area (Å²) in [6.07, 6.45) is 5.35. The van der Waals surface area contributed by atoms with Gasteiger partial charge in [0, 0.05) is 30.2 Å². The van der Waals surface area contributed by atoms with Gasteiger partial charge in [-0.05, 0) is 55.3 Å². The van der Waals surface area contributed by atoms with Crippen molar-refractivity contribution in [2.75, 3.05) is 15.8 Å². The molecular weight excluding hydrogens is 376 g/mol. The van der Waals surface area contributed by atoms with Gasteiger partial charge in [0.2, 0.25) is 10.0 Å². The molecule has 0 radical (unpaired) electrons. The second kappa shape index (κ2) is 8.26. The van der Waals surface area contributed by atoms with E-state index in [1.54, 1.807) is 56.7 Å². The van der Waals surface area contributed by atoms with Crippen molar-refractivity contribution < 1.29 is 13.2 Å². The predicted molar refractivity (Wildman–Crippen MR) is 110 cm³/mol. The third-order valence-corrected chi connectivity index (χ3v) is 5.56. The van der Waals surface area contributed by atoms with E-state index >= 15 is 0 Å². The lowest BCUT2D eigenvalue weighted by Crippen LogP contribution is -2.16. The smallest absolute Gasteiger partial charge is 0.255 e. The quantitative estimate of drug-likeness (QED) is 0.639. The number of carbonyl (C=O) groups excluding carboxylic acids is 1. The fraction of sp³-hybridized carbons (Fsp3) is 0.200. The number of anilines is 2. The predicted octanol–water partition coefficient (Wildman–Crippen LogP) is 3.25. The van der Waals surface area contributed by atoms with Crippen LogP contribution in [0.15, 0.2) is 61.2 Å². The summed E-state index contributed by atoms with van der Waals surface area (Å²) in [4.78, 5) is 16.5. The van der Waals surface area contributed by atoms with Crippen LogP contribution in [0, 0.1) is 6.92 Å². The summed E-state index contributed by atoms with van der Waals surface area (Å²) in [6, 6.07) is 12.4. The summed E-state index contributed by atoms with van der Waals surface area (Å²) in [5.74, 6) is -0.225. The van der Waals surface area contributed by atoms with Crippen molar-refractivity contribution in [2.45, 2.75) is 20.4 Å². The highest BCUT2D eigenvalue weighted by atomic mass is 32.2. The first-order chi connectivity index (χ1) is 13.4. The average Bonchev–Trinajstić information content (AvgIpc) is 3.17. The highest BCUT2D eigenvalue weighted by molar-refractivity contribution is 7.92. The second-order valence-corrected chi connectivity index (χ2v) is 8.43. The van der Waals surface area contributed by atoms with E-state index in [-0.39, 0.29) is 11.7 Å². The van der Waals surface area contributed by atoms with E-state index in [9.17, 15) is 13.2 Å². The Morgan fingerprint density at radius 3 is 2.50 bits per heavy atom. The van der Waals surface area contributed by atoms with E-state index in [1.807, 2.05) is 22.9 Å². The standard InChI is InChI=1S/C20H22N4O3S/c1-3-28(26,27)23-19-9-8-18(12-15(19)2)22-20(25)17-6-4-16(5-7-17)13-24-11-10-21-14-24/h4-12,14,23H,3,13H2,1-2H3,(H,22,25). The lowest BCUT2D eigenvalue weighted by atomic mass is 10.1. The third-order valence-electron chi connectivity index (χ3n) is 4.27. The fourth-order valence-electron chi connectivity index (χ4n) is 2.65. The molecule has 0 aliphatic rings. The van der Waals surface area contributed by atoms with Gasteiger partial charge in [0.15, 0.2) is 0 Å². The molecule has 28 heavy (non-hydrogen) atoms. The van der Waals surface area contributed by atoms with Gasteiger partial charge in [-0.1, -0.05) is 12.1 Å². The minimum Gasteiger partial charge on any atom is -0.333 e. The van der Waals surface area contributed by atoms with Crippen molar-refractivity contribution in [1.29, 1.82) is 0 Å². The van der Waals surface area contributed by atoms with E-state index in [2.05, 4.69) is 15.0 Å². The fourth-order valence-corrected chi connectivity index (χ4v) is 3.36. The molecule has 0 bridgehead atoms. The maximum atomic E-state index is 12.5. The van der Waals surface area contributed by atoms with Crippen LogP contribution in [0.2, 0.25) is 0 Å². The molecule has 8 heteroatoms. The summed E-state index contributed by atoms with van der Waals surface area (Å²) >= 11 is 0. The summed E-state index contributed by atoms with van der Waals surface area (Å²) in [5, 5.41) is 2.84. The normalized spacial score (nSPS) is 11.2. The molecule has 0 aliphatic carbocycles. The molecule has 1 amide bonds. The largest absolute Gasteiger partial charge is 0.333 e. The van der Waals surface area contributed by atoms with Gasteiger partial charge in [0.1, 0.15) is 0 Å². The second-order valence-electron chi connectivity index (χ2n) is 6.42. The van der Waals surface area contributed by atoms with E-state index in [4.69, 9.17) is 0 Å². The molecule has 0 saturated heterocycles. The number of benzene rings is 2. The zero-order valence-corrected chi connectivity index (χ0v) is 16.5. The van der Waals surface area contributed by atoms with Gasteiger partial charge in [0.25, 0.3) is 5.91 Å². The maximum Gasteiger partial charge on any atom is 0.255 e. The Kier molecular flexibility index (Phi) is 5.79. The Morgan fingerprint density at radius 2 is 1.89 bits per heavy atom. The van der Waals surface area contributed by atoms with Crippen molar-refractivity contribution in [3.8, 4) is 0 Å². The monoisotopic (exact) mass is 398 g/mol. The maximum absolute atomic E-state index is 12.5. The molecule has 0 aliphatic heterocycles. The van der Waals surface area contributed by atoms with Gasteiger partial charge in [-0.25, -0.2) is 13.4 Å². The molecule has 0 saturated carbocycles. The first-order valence-corrected chi connectivity index (χ1v) is 10.5. The van der Waals surface area contributed by atoms with Crippen LogP contribution in [-0.4, -0.2) is 29.6 Å². The number of hydrogen-bond acceptors (Lipinski definition) is 4. The Morgan fingerprint density at radius 1 is 1.14 bits per heavy atom. The Bertz CT molecular complexity index is 1060. The Balaban J connectivity index is 1.66. The van der Waals surface area contributed by atoms with E-state index in [0.29, 0.717) is 23.5 Å². The number of aromatic nitrogens is 2. The van der Waals surface area contributed by atoms with E-state index in [0.717, 1.165) is 11.1 Å². The SMILES string of the molecule is CCS(=O)(=O)Nc1ccc(NC(=O)c2ccc(Cn3ccnc3)cc2)cc1C. The van der Waals surface area contributed by atoms with Crippen LogP contribution < -0.4 is 10.0 Å². The number of nitrogens with zero attached hydrogens (tertiary/aromatic N) is 2. The molecule has 0 unspecified atom stereocenters. The van der Waals surface area contributed by atoms with Crippen LogP contribution in [0.3, 0.4) is 0 Å². The molecule has 1 aromatic heterocycles. The van der Waals surface area contributed by atoms with Crippen LogP contribution in [-0.2, 0) is 16.6 Å². The molecule has 3 rings (SSSR count). The molecule has 146 valence electrons. The number of imidazole rings is 1. The summed E-state index contributed by atoms with van der Waals surface area (Å²) in [5.41, 5.74) is 3.44. The number of rotatable bonds is 7. The Labute approximate surface area is 164 Å². The molecule has 2 N–H and O–H groups in total. The van der Waals surface area contributed by atoms with Crippen LogP contribution in [0.4, 0.5) is 11.4 Å². The van der Waals surface area contributed by atoms with Crippen molar-refractivity contribution >= 4 is 27.3 Å². The van der Waals surface area contributed by atoms with Gasteiger partial charge in [-0.15, -0.1) is 0 Å². The van der Waals surface area contributed by atoms with Crippen LogP contribution in [0.5, 0.6) is 0 Å².